The summed E-state index contributed by atoms with van der Waals surface area (Å²) in [4.78, 5) is 15.8. The van der Waals surface area contributed by atoms with Crippen molar-refractivity contribution in [2.75, 3.05) is 5.73 Å². The first kappa shape index (κ1) is 9.85. The molecule has 0 unspecified atom stereocenters. The molecule has 0 aliphatic rings. The van der Waals surface area contributed by atoms with Gasteiger partial charge in [0.15, 0.2) is 10.9 Å². The Labute approximate surface area is 90.6 Å². The summed E-state index contributed by atoms with van der Waals surface area (Å²) >= 11 is 1.34. The molecule has 2 aromatic heterocycles. The normalized spacial score (nSPS) is 10.5. The number of carbonyl (C=O) groups excluding carboxylic acids is 1. The zero-order valence-corrected chi connectivity index (χ0v) is 8.99. The molecular formula is C9H10N4OS. The fraction of sp³-hybridized carbons (Fsp3) is 0.222. The monoisotopic (exact) mass is 222 g/mol. The zero-order valence-electron chi connectivity index (χ0n) is 8.17. The zero-order chi connectivity index (χ0) is 10.8. The van der Waals surface area contributed by atoms with Crippen LogP contribution >= 0.6 is 11.3 Å². The molecule has 0 aliphatic carbocycles. The number of hydrogen-bond donors (Lipinski definition) is 1. The van der Waals surface area contributed by atoms with Crippen LogP contribution in [0.2, 0.25) is 0 Å². The Morgan fingerprint density at radius 3 is 3.00 bits per heavy atom. The number of nitrogens with two attached hydrogens (primary N) is 1. The van der Waals surface area contributed by atoms with E-state index in [1.807, 2.05) is 0 Å². The summed E-state index contributed by atoms with van der Waals surface area (Å²) < 4.78 is 1.55. The van der Waals surface area contributed by atoms with Crippen LogP contribution in [0.25, 0.3) is 0 Å². The van der Waals surface area contributed by atoms with Gasteiger partial charge in [0.05, 0.1) is 12.1 Å². The highest BCUT2D eigenvalue weighted by Gasteiger charge is 2.12. The lowest BCUT2D eigenvalue weighted by molar-refractivity contribution is 0.0983. The van der Waals surface area contributed by atoms with Crippen molar-refractivity contribution >= 4 is 22.3 Å². The molecule has 78 valence electrons. The Balaban J connectivity index is 2.14. The topological polar surface area (TPSA) is 73.8 Å². The highest BCUT2D eigenvalue weighted by atomic mass is 32.1. The van der Waals surface area contributed by atoms with Crippen LogP contribution in [0.4, 0.5) is 5.13 Å². The summed E-state index contributed by atoms with van der Waals surface area (Å²) in [7, 11) is 1.74. The largest absolute Gasteiger partial charge is 0.375 e. The summed E-state index contributed by atoms with van der Waals surface area (Å²) in [5.74, 6) is 0.000278. The van der Waals surface area contributed by atoms with Crippen LogP contribution in [0.15, 0.2) is 17.6 Å². The van der Waals surface area contributed by atoms with Gasteiger partial charge in [-0.3, -0.25) is 9.48 Å². The molecule has 15 heavy (non-hydrogen) atoms. The molecule has 6 heteroatoms. The number of ketones is 1. The van der Waals surface area contributed by atoms with Gasteiger partial charge >= 0.3 is 0 Å². The summed E-state index contributed by atoms with van der Waals surface area (Å²) in [5, 5.41) is 6.22. The van der Waals surface area contributed by atoms with Gasteiger partial charge in [0.1, 0.15) is 5.69 Å². The van der Waals surface area contributed by atoms with Crippen LogP contribution in [-0.2, 0) is 13.5 Å². The Morgan fingerprint density at radius 2 is 2.47 bits per heavy atom. The van der Waals surface area contributed by atoms with Crippen molar-refractivity contribution in [1.82, 2.24) is 14.8 Å². The fourth-order valence-corrected chi connectivity index (χ4v) is 1.87. The number of carbonyl (C=O) groups is 1. The van der Waals surface area contributed by atoms with Crippen LogP contribution in [0.3, 0.4) is 0 Å². The van der Waals surface area contributed by atoms with Crippen LogP contribution in [0.5, 0.6) is 0 Å². The number of thiazole rings is 1. The van der Waals surface area contributed by atoms with Gasteiger partial charge in [-0.15, -0.1) is 11.3 Å². The van der Waals surface area contributed by atoms with Crippen molar-refractivity contribution in [3.8, 4) is 0 Å². The van der Waals surface area contributed by atoms with Crippen molar-refractivity contribution in [2.45, 2.75) is 6.42 Å². The molecule has 0 fully saturated rings. The predicted molar refractivity (Wildman–Crippen MR) is 57.8 cm³/mol. The van der Waals surface area contributed by atoms with E-state index in [0.717, 1.165) is 0 Å². The van der Waals surface area contributed by atoms with E-state index < -0.39 is 0 Å². The maximum atomic E-state index is 11.8. The average molecular weight is 222 g/mol. The number of aryl methyl sites for hydroxylation is 1. The number of aromatic nitrogens is 3. The minimum atomic E-state index is 0.000278. The lowest BCUT2D eigenvalue weighted by atomic mass is 10.2. The molecule has 0 radical (unpaired) electrons. The van der Waals surface area contributed by atoms with E-state index in [2.05, 4.69) is 10.1 Å². The van der Waals surface area contributed by atoms with Crippen LogP contribution in [-0.4, -0.2) is 20.5 Å². The highest BCUT2D eigenvalue weighted by molar-refractivity contribution is 7.13. The maximum absolute atomic E-state index is 11.8. The van der Waals surface area contributed by atoms with Crippen LogP contribution in [0, 0.1) is 0 Å². The van der Waals surface area contributed by atoms with Gasteiger partial charge in [0.2, 0.25) is 0 Å². The molecule has 0 aliphatic heterocycles. The van der Waals surface area contributed by atoms with Crippen molar-refractivity contribution in [1.29, 1.82) is 0 Å². The smallest absolute Gasteiger partial charge is 0.186 e. The second-order valence-electron chi connectivity index (χ2n) is 3.12. The summed E-state index contributed by atoms with van der Waals surface area (Å²) in [6, 6.07) is 1.69. The molecule has 0 saturated heterocycles. The molecule has 5 nitrogen and oxygen atoms in total. The SMILES string of the molecule is Cn1nccc1C(=O)Cc1csc(N)n1. The first-order valence-corrected chi connectivity index (χ1v) is 5.26. The van der Waals surface area contributed by atoms with Gasteiger partial charge < -0.3 is 5.73 Å². The van der Waals surface area contributed by atoms with Gasteiger partial charge in [0.25, 0.3) is 0 Å². The molecule has 2 rings (SSSR count). The Hall–Kier alpha value is -1.69. The Morgan fingerprint density at radius 1 is 1.67 bits per heavy atom. The van der Waals surface area contributed by atoms with Crippen LogP contribution < -0.4 is 5.73 Å². The number of nitrogens with zero attached hydrogens (tertiary/aromatic N) is 3. The molecular weight excluding hydrogens is 212 g/mol. The first-order chi connectivity index (χ1) is 7.16. The molecule has 0 bridgehead atoms. The van der Waals surface area contributed by atoms with E-state index in [4.69, 9.17) is 5.73 Å². The Bertz CT molecular complexity index is 488. The fourth-order valence-electron chi connectivity index (χ4n) is 1.31. The predicted octanol–water partition coefficient (Wildman–Crippen LogP) is 0.884. The molecule has 0 spiro atoms. The second-order valence-corrected chi connectivity index (χ2v) is 4.01. The van der Waals surface area contributed by atoms with Gasteiger partial charge in [-0.25, -0.2) is 4.98 Å². The van der Waals surface area contributed by atoms with E-state index >= 15 is 0 Å². The van der Waals surface area contributed by atoms with Crippen molar-refractivity contribution < 1.29 is 4.79 Å². The number of rotatable bonds is 3. The van der Waals surface area contributed by atoms with E-state index in [1.165, 1.54) is 11.3 Å². The third-order valence-corrected chi connectivity index (χ3v) is 2.74. The number of Topliss-reactive ketones (excluding diaryl/α,β-unsaturated/α-hetero) is 1. The molecule has 2 N–H and O–H groups in total. The van der Waals surface area contributed by atoms with Crippen LogP contribution in [0.1, 0.15) is 16.2 Å². The third-order valence-electron chi connectivity index (χ3n) is 2.02. The quantitative estimate of drug-likeness (QED) is 0.782. The lowest BCUT2D eigenvalue weighted by Gasteiger charge is -1.98. The van der Waals surface area contributed by atoms with E-state index in [9.17, 15) is 4.79 Å². The van der Waals surface area contributed by atoms with E-state index in [-0.39, 0.29) is 12.2 Å². The third kappa shape index (κ3) is 2.04. The standard InChI is InChI=1S/C9H10N4OS/c1-13-7(2-3-11-13)8(14)4-6-5-15-9(10)12-6/h2-3,5H,4H2,1H3,(H2,10,12). The van der Waals surface area contributed by atoms with Crippen molar-refractivity contribution in [2.24, 2.45) is 7.05 Å². The number of nitrogen functional groups attached to an aromatic ring is 1. The van der Waals surface area contributed by atoms with E-state index in [0.29, 0.717) is 16.5 Å². The number of hydrogen-bond acceptors (Lipinski definition) is 5. The molecule has 2 aromatic rings. The van der Waals surface area contributed by atoms with Gasteiger partial charge in [-0.1, -0.05) is 0 Å². The minimum absolute atomic E-state index is 0.000278. The average Bonchev–Trinajstić information content (AvgIpc) is 2.75. The first-order valence-electron chi connectivity index (χ1n) is 4.38. The number of anilines is 1. The molecule has 0 amide bonds. The highest BCUT2D eigenvalue weighted by Crippen LogP contribution is 2.13. The summed E-state index contributed by atoms with van der Waals surface area (Å²) in [6.45, 7) is 0. The molecule has 0 aromatic carbocycles. The van der Waals surface area contributed by atoms with Crippen molar-refractivity contribution in [3.63, 3.8) is 0 Å². The minimum Gasteiger partial charge on any atom is -0.375 e. The van der Waals surface area contributed by atoms with E-state index in [1.54, 1.807) is 29.4 Å². The van der Waals surface area contributed by atoms with Crippen molar-refractivity contribution in [3.05, 3.63) is 29.0 Å². The molecule has 0 saturated carbocycles. The lowest BCUT2D eigenvalue weighted by Crippen LogP contribution is -2.09. The summed E-state index contributed by atoms with van der Waals surface area (Å²) in [6.07, 6.45) is 1.87. The van der Waals surface area contributed by atoms with Gasteiger partial charge in [-0.2, -0.15) is 5.10 Å². The Kier molecular flexibility index (Phi) is 2.51. The van der Waals surface area contributed by atoms with Gasteiger partial charge in [0, 0.05) is 18.6 Å². The second kappa shape index (κ2) is 3.82. The maximum Gasteiger partial charge on any atom is 0.186 e. The molecule has 2 heterocycles. The summed E-state index contributed by atoms with van der Waals surface area (Å²) in [5.41, 5.74) is 6.78. The molecule has 0 atom stereocenters. The van der Waals surface area contributed by atoms with Gasteiger partial charge in [-0.05, 0) is 6.07 Å².